The van der Waals surface area contributed by atoms with E-state index in [-0.39, 0.29) is 0 Å². The zero-order valence-electron chi connectivity index (χ0n) is 30.7. The van der Waals surface area contributed by atoms with Crippen molar-refractivity contribution in [2.24, 2.45) is 0 Å². The molecule has 2 aliphatic rings. The Labute approximate surface area is 314 Å². The van der Waals surface area contributed by atoms with E-state index >= 15 is 0 Å². The van der Waals surface area contributed by atoms with Gasteiger partial charge in [0.15, 0.2) is 0 Å². The minimum atomic E-state index is -1.77. The van der Waals surface area contributed by atoms with Gasteiger partial charge in [-0.15, -0.1) is 0 Å². The first-order valence-electron chi connectivity index (χ1n) is 18.8. The Hall–Kier alpha value is -5.75. The van der Waals surface area contributed by atoms with Gasteiger partial charge in [-0.2, -0.15) is 0 Å². The number of hydrogen-bond acceptors (Lipinski definition) is 1. The van der Waals surface area contributed by atoms with Gasteiger partial charge in [-0.05, 0) is 118 Å². The van der Waals surface area contributed by atoms with Gasteiger partial charge in [-0.3, -0.25) is 0 Å². The van der Waals surface area contributed by atoms with E-state index in [0.29, 0.717) is 0 Å². The topological polar surface area (TPSA) is 3.24 Å². The summed E-state index contributed by atoms with van der Waals surface area (Å²) in [4.78, 5) is 2.44. The Bertz CT molecular complexity index is 2740. The quantitative estimate of drug-likeness (QED) is 0.161. The van der Waals surface area contributed by atoms with Crippen molar-refractivity contribution in [2.75, 3.05) is 4.90 Å². The SMILES string of the molecule is C[Si]1(C)c2ccccc2-c2cc(N(c3ccc(-c4ccc5c(c4)[Si](C)(C)c4ccccc4-5)cc3)c3cccc(-c4ccc5ccccc5c4)c3)ccc21. The van der Waals surface area contributed by atoms with Crippen molar-refractivity contribution in [3.8, 4) is 44.5 Å². The van der Waals surface area contributed by atoms with Crippen LogP contribution in [0.2, 0.25) is 26.2 Å². The summed E-state index contributed by atoms with van der Waals surface area (Å²) in [6.45, 7) is 9.96. The molecule has 0 amide bonds. The first kappa shape index (κ1) is 31.9. The summed E-state index contributed by atoms with van der Waals surface area (Å²) in [6, 6.07) is 66.1. The molecule has 0 N–H and O–H groups in total. The Morgan fingerprint density at radius 2 is 0.830 bits per heavy atom. The Balaban J connectivity index is 1.09. The summed E-state index contributed by atoms with van der Waals surface area (Å²) < 4.78 is 0. The van der Waals surface area contributed by atoms with Crippen LogP contribution in [0.4, 0.5) is 17.1 Å². The molecule has 10 rings (SSSR count). The van der Waals surface area contributed by atoms with Gasteiger partial charge >= 0.3 is 0 Å². The Morgan fingerprint density at radius 1 is 0.302 bits per heavy atom. The van der Waals surface area contributed by atoms with Crippen molar-refractivity contribution in [3.05, 3.63) is 176 Å². The first-order chi connectivity index (χ1) is 25.8. The van der Waals surface area contributed by atoms with Crippen molar-refractivity contribution in [1.82, 2.24) is 0 Å². The van der Waals surface area contributed by atoms with Crippen LogP contribution in [0.15, 0.2) is 176 Å². The number of benzene rings is 8. The summed E-state index contributed by atoms with van der Waals surface area (Å²) in [5, 5.41) is 8.66. The highest BCUT2D eigenvalue weighted by molar-refractivity contribution is 7.04. The van der Waals surface area contributed by atoms with E-state index in [1.807, 2.05) is 0 Å². The van der Waals surface area contributed by atoms with Gasteiger partial charge in [0, 0.05) is 17.1 Å². The predicted octanol–water partition coefficient (Wildman–Crippen LogP) is 11.2. The third-order valence-corrected chi connectivity index (χ3v) is 19.2. The molecule has 0 radical (unpaired) electrons. The van der Waals surface area contributed by atoms with E-state index in [9.17, 15) is 0 Å². The van der Waals surface area contributed by atoms with Crippen molar-refractivity contribution in [1.29, 1.82) is 0 Å². The van der Waals surface area contributed by atoms with Gasteiger partial charge < -0.3 is 4.90 Å². The monoisotopic (exact) mass is 711 g/mol. The second kappa shape index (κ2) is 11.9. The molecule has 8 aromatic carbocycles. The van der Waals surface area contributed by atoms with Crippen LogP contribution in [0.25, 0.3) is 55.3 Å². The van der Waals surface area contributed by atoms with Gasteiger partial charge in [-0.1, -0.05) is 160 Å². The largest absolute Gasteiger partial charge is 0.310 e. The van der Waals surface area contributed by atoms with E-state index in [1.54, 1.807) is 5.19 Å². The lowest BCUT2D eigenvalue weighted by Crippen LogP contribution is -2.49. The molecule has 8 aromatic rings. The van der Waals surface area contributed by atoms with Crippen LogP contribution in [0, 0.1) is 0 Å². The maximum atomic E-state index is 2.49. The Morgan fingerprint density at radius 3 is 1.60 bits per heavy atom. The van der Waals surface area contributed by atoms with Crippen molar-refractivity contribution < 1.29 is 0 Å². The molecular formula is C50H41NSi2. The van der Waals surface area contributed by atoms with Crippen molar-refractivity contribution in [3.63, 3.8) is 0 Å². The van der Waals surface area contributed by atoms with Gasteiger partial charge in [0.25, 0.3) is 0 Å². The van der Waals surface area contributed by atoms with Crippen LogP contribution in [-0.2, 0) is 0 Å². The van der Waals surface area contributed by atoms with E-state index in [1.165, 1.54) is 76.5 Å². The normalized spacial score (nSPS) is 14.3. The lowest BCUT2D eigenvalue weighted by molar-refractivity contribution is 1.29. The summed E-state index contributed by atoms with van der Waals surface area (Å²) in [6.07, 6.45) is 0. The van der Waals surface area contributed by atoms with Crippen LogP contribution >= 0.6 is 0 Å². The maximum absolute atomic E-state index is 2.49. The molecule has 0 saturated carbocycles. The number of rotatable bonds is 5. The van der Waals surface area contributed by atoms with Gasteiger partial charge in [0.2, 0.25) is 0 Å². The van der Waals surface area contributed by atoms with E-state index in [0.717, 1.165) is 11.4 Å². The molecule has 1 nitrogen and oxygen atoms in total. The molecule has 0 aliphatic carbocycles. The van der Waals surface area contributed by atoms with Crippen LogP contribution in [0.3, 0.4) is 0 Å². The van der Waals surface area contributed by atoms with Crippen LogP contribution in [-0.4, -0.2) is 16.1 Å². The molecular weight excluding hydrogens is 671 g/mol. The van der Waals surface area contributed by atoms with Crippen LogP contribution in [0.1, 0.15) is 0 Å². The first-order valence-corrected chi connectivity index (χ1v) is 24.8. The molecule has 2 heterocycles. The Kier molecular flexibility index (Phi) is 7.17. The summed E-state index contributed by atoms with van der Waals surface area (Å²) in [5.74, 6) is 0. The molecule has 3 heteroatoms. The molecule has 254 valence electrons. The third-order valence-electron chi connectivity index (χ3n) is 12.1. The number of hydrogen-bond donors (Lipinski definition) is 0. The molecule has 0 saturated heterocycles. The highest BCUT2D eigenvalue weighted by Crippen LogP contribution is 2.41. The summed E-state index contributed by atoms with van der Waals surface area (Å²) >= 11 is 0. The second-order valence-corrected chi connectivity index (χ2v) is 24.5. The van der Waals surface area contributed by atoms with E-state index < -0.39 is 16.1 Å². The molecule has 0 atom stereocenters. The van der Waals surface area contributed by atoms with Crippen LogP contribution < -0.4 is 25.6 Å². The average Bonchev–Trinajstić information content (AvgIpc) is 3.57. The predicted molar refractivity (Wildman–Crippen MR) is 234 cm³/mol. The highest BCUT2D eigenvalue weighted by atomic mass is 28.3. The fourth-order valence-corrected chi connectivity index (χ4v) is 15.4. The third kappa shape index (κ3) is 5.03. The fraction of sp³-hybridized carbons (Fsp3) is 0.0800. The highest BCUT2D eigenvalue weighted by Gasteiger charge is 2.38. The smallest absolute Gasteiger partial charge is 0.113 e. The van der Waals surface area contributed by atoms with Gasteiger partial charge in [0.1, 0.15) is 16.1 Å². The van der Waals surface area contributed by atoms with Crippen molar-refractivity contribution in [2.45, 2.75) is 26.2 Å². The van der Waals surface area contributed by atoms with E-state index in [4.69, 9.17) is 0 Å². The molecule has 0 bridgehead atoms. The molecule has 0 fully saturated rings. The number of anilines is 3. The second-order valence-electron chi connectivity index (χ2n) is 15.8. The van der Waals surface area contributed by atoms with E-state index in [2.05, 4.69) is 207 Å². The summed E-state index contributed by atoms with van der Waals surface area (Å²) in [7, 11) is -3.53. The molecule has 0 aromatic heterocycles. The molecule has 0 unspecified atom stereocenters. The van der Waals surface area contributed by atoms with Gasteiger partial charge in [-0.25, -0.2) is 0 Å². The lowest BCUT2D eigenvalue weighted by atomic mass is 9.99. The molecule has 53 heavy (non-hydrogen) atoms. The standard InChI is InChI=1S/C50H41NSi2/c1-52(2)48-19-10-8-17-44(48)46-33-42(27-29-49(46)52)51(41-15-11-14-37(31-41)38-21-20-34-12-5-6-13-36(34)30-38)40-25-22-35(23-26-40)39-24-28-45-43-16-7-9-18-47(43)53(3,4)50(45)32-39/h5-33H,1-4H3. The molecule has 2 aliphatic heterocycles. The summed E-state index contributed by atoms with van der Waals surface area (Å²) in [5.41, 5.74) is 14.1. The number of nitrogens with zero attached hydrogens (tertiary/aromatic N) is 1. The maximum Gasteiger partial charge on any atom is 0.113 e. The fourth-order valence-electron chi connectivity index (χ4n) is 9.17. The van der Waals surface area contributed by atoms with Crippen molar-refractivity contribution >= 4 is 64.7 Å². The zero-order chi connectivity index (χ0) is 35.9. The minimum absolute atomic E-state index is 1.15. The number of fused-ring (bicyclic) bond motifs is 7. The zero-order valence-corrected chi connectivity index (χ0v) is 32.7. The van der Waals surface area contributed by atoms with Gasteiger partial charge in [0.05, 0.1) is 0 Å². The minimum Gasteiger partial charge on any atom is -0.310 e. The van der Waals surface area contributed by atoms with Crippen LogP contribution in [0.5, 0.6) is 0 Å². The molecule has 0 spiro atoms. The lowest BCUT2D eigenvalue weighted by Gasteiger charge is -2.27. The average molecular weight is 712 g/mol.